The fourth-order valence-electron chi connectivity index (χ4n) is 0. The van der Waals surface area contributed by atoms with Crippen LogP contribution in [0.1, 0.15) is 0 Å². The van der Waals surface area contributed by atoms with Gasteiger partial charge in [-0.15, -0.1) is 0 Å². The van der Waals surface area contributed by atoms with E-state index in [1.165, 1.54) is 0 Å². The van der Waals surface area contributed by atoms with Crippen molar-refractivity contribution in [3.63, 3.8) is 0 Å². The van der Waals surface area contributed by atoms with Gasteiger partial charge in [0.2, 0.25) is 0 Å². The standard InChI is InChI=1S/C2H7NSe.Na.H/c3-1-2-4;;/h4H,1-3H2;;. The molecule has 0 saturated heterocycles. The van der Waals surface area contributed by atoms with E-state index in [4.69, 9.17) is 5.73 Å². The molecule has 0 heterocycles. The van der Waals surface area contributed by atoms with Crippen LogP contribution in [0.15, 0.2) is 0 Å². The Morgan fingerprint density at radius 1 is 1.60 bits per heavy atom. The van der Waals surface area contributed by atoms with E-state index in [0.717, 1.165) is 11.9 Å². The first-order valence-corrected chi connectivity index (χ1v) is 2.55. The molecule has 0 aliphatic carbocycles. The fourth-order valence-corrected chi connectivity index (χ4v) is 0. The van der Waals surface area contributed by atoms with E-state index < -0.39 is 0 Å². The maximum absolute atomic E-state index is 5.01. The second kappa shape index (κ2) is 9.08. The van der Waals surface area contributed by atoms with E-state index in [0.29, 0.717) is 0 Å². The summed E-state index contributed by atoms with van der Waals surface area (Å²) in [6.45, 7) is 0.792. The van der Waals surface area contributed by atoms with Gasteiger partial charge in [0.15, 0.2) is 0 Å². The number of rotatable bonds is 1. The molecule has 0 amide bonds. The third kappa shape index (κ3) is 10.8. The van der Waals surface area contributed by atoms with Crippen molar-refractivity contribution in [3.8, 4) is 0 Å². The Morgan fingerprint density at radius 2 is 1.80 bits per heavy atom. The van der Waals surface area contributed by atoms with Crippen molar-refractivity contribution in [1.82, 2.24) is 0 Å². The molecule has 28 valence electrons. The maximum atomic E-state index is 5.01. The van der Waals surface area contributed by atoms with Crippen LogP contribution in [0.5, 0.6) is 0 Å². The van der Waals surface area contributed by atoms with Gasteiger partial charge in [0.05, 0.1) is 0 Å². The fraction of sp³-hybridized carbons (Fsp3) is 1.00. The Morgan fingerprint density at radius 3 is 1.80 bits per heavy atom. The van der Waals surface area contributed by atoms with Crippen LogP contribution in [0.3, 0.4) is 0 Å². The van der Waals surface area contributed by atoms with E-state index in [1.807, 2.05) is 0 Å². The first kappa shape index (κ1) is 9.70. The summed E-state index contributed by atoms with van der Waals surface area (Å²) in [4.78, 5) is 0. The van der Waals surface area contributed by atoms with Crippen LogP contribution in [0.4, 0.5) is 0 Å². The molecule has 0 fully saturated rings. The molecule has 0 rings (SSSR count). The summed E-state index contributed by atoms with van der Waals surface area (Å²) in [5, 5.41) is 1.03. The minimum absolute atomic E-state index is 0. The van der Waals surface area contributed by atoms with Crippen LogP contribution in [0, 0.1) is 0 Å². The molecule has 1 nitrogen and oxygen atoms in total. The van der Waals surface area contributed by atoms with Gasteiger partial charge in [0, 0.05) is 0 Å². The predicted octanol–water partition coefficient (Wildman–Crippen LogP) is -1.38. The molecule has 5 heavy (non-hydrogen) atoms. The Balaban J connectivity index is 0. The van der Waals surface area contributed by atoms with Crippen LogP contribution in [-0.4, -0.2) is 52.1 Å². The Kier molecular flexibility index (Phi) is 17.6. The molecule has 2 N–H and O–H groups in total. The molecule has 3 heteroatoms. The molecule has 0 spiro atoms. The first-order valence-electron chi connectivity index (χ1n) is 1.22. The van der Waals surface area contributed by atoms with Gasteiger partial charge in [0.1, 0.15) is 0 Å². The Bertz CT molecular complexity index is 11.6. The molecule has 0 aromatic heterocycles. The van der Waals surface area contributed by atoms with Crippen molar-refractivity contribution in [2.45, 2.75) is 5.32 Å². The Labute approximate surface area is 62.8 Å². The molecule has 0 aliphatic rings. The molecular formula is C2H8NNaSe. The van der Waals surface area contributed by atoms with Crippen molar-refractivity contribution < 1.29 is 0 Å². The van der Waals surface area contributed by atoms with E-state index in [2.05, 4.69) is 16.0 Å². The molecule has 0 atom stereocenters. The van der Waals surface area contributed by atoms with E-state index in [-0.39, 0.29) is 29.6 Å². The van der Waals surface area contributed by atoms with Crippen LogP contribution in [-0.2, 0) is 0 Å². The minimum atomic E-state index is 0. The van der Waals surface area contributed by atoms with Gasteiger partial charge < -0.3 is 0 Å². The molecular weight excluding hydrogens is 140 g/mol. The molecule has 0 aliphatic heterocycles. The normalized spacial score (nSPS) is 6.00. The van der Waals surface area contributed by atoms with E-state index in [9.17, 15) is 0 Å². The molecule has 0 bridgehead atoms. The molecule has 0 radical (unpaired) electrons. The van der Waals surface area contributed by atoms with E-state index in [1.54, 1.807) is 0 Å². The SMILES string of the molecule is NCC[SeH].[NaH]. The Hall–Kier alpha value is 1.48. The summed E-state index contributed by atoms with van der Waals surface area (Å²) in [6, 6.07) is 0. The van der Waals surface area contributed by atoms with Crippen molar-refractivity contribution >= 4 is 45.6 Å². The van der Waals surface area contributed by atoms with Gasteiger partial charge >= 0.3 is 63.2 Å². The predicted molar refractivity (Wildman–Crippen MR) is 28.2 cm³/mol. The zero-order valence-corrected chi connectivity index (χ0v) is 4.32. The van der Waals surface area contributed by atoms with Crippen LogP contribution in [0.2, 0.25) is 5.32 Å². The van der Waals surface area contributed by atoms with Gasteiger partial charge in [-0.2, -0.15) is 0 Å². The second-order valence-corrected chi connectivity index (χ2v) is 1.45. The number of hydrogen-bond donors (Lipinski definition) is 1. The molecule has 0 aromatic rings. The van der Waals surface area contributed by atoms with Crippen molar-refractivity contribution in [2.75, 3.05) is 6.54 Å². The zero-order chi connectivity index (χ0) is 3.41. The third-order valence-electron chi connectivity index (χ3n) is 0.129. The van der Waals surface area contributed by atoms with Crippen molar-refractivity contribution in [2.24, 2.45) is 5.73 Å². The molecule has 0 saturated carbocycles. The van der Waals surface area contributed by atoms with Crippen LogP contribution >= 0.6 is 0 Å². The van der Waals surface area contributed by atoms with Gasteiger partial charge in [-0.05, 0) is 0 Å². The number of hydrogen-bond acceptors (Lipinski definition) is 1. The summed E-state index contributed by atoms with van der Waals surface area (Å²) in [6.07, 6.45) is 0. The average molecular weight is 148 g/mol. The summed E-state index contributed by atoms with van der Waals surface area (Å²) >= 11 is 2.41. The van der Waals surface area contributed by atoms with E-state index >= 15 is 0 Å². The topological polar surface area (TPSA) is 26.0 Å². The summed E-state index contributed by atoms with van der Waals surface area (Å²) < 4.78 is 0. The quantitative estimate of drug-likeness (QED) is 0.455. The van der Waals surface area contributed by atoms with Crippen molar-refractivity contribution in [1.29, 1.82) is 0 Å². The average Bonchev–Trinajstić information content (AvgIpc) is 1.37. The molecule has 0 aromatic carbocycles. The third-order valence-corrected chi connectivity index (χ3v) is 0.671. The van der Waals surface area contributed by atoms with Gasteiger partial charge in [0.25, 0.3) is 0 Å². The summed E-state index contributed by atoms with van der Waals surface area (Å²) in [7, 11) is 0. The first-order chi connectivity index (χ1) is 1.91. The zero-order valence-electron chi connectivity index (χ0n) is 2.44. The van der Waals surface area contributed by atoms with Gasteiger partial charge in [-0.1, -0.05) is 0 Å². The second-order valence-electron chi connectivity index (χ2n) is 0.512. The monoisotopic (exact) mass is 149 g/mol. The number of nitrogens with two attached hydrogens (primary N) is 1. The van der Waals surface area contributed by atoms with Crippen LogP contribution in [0.25, 0.3) is 0 Å². The van der Waals surface area contributed by atoms with Crippen molar-refractivity contribution in [3.05, 3.63) is 0 Å². The molecule has 0 unspecified atom stereocenters. The van der Waals surface area contributed by atoms with Gasteiger partial charge in [-0.25, -0.2) is 0 Å². The summed E-state index contributed by atoms with van der Waals surface area (Å²) in [5.41, 5.74) is 5.01. The van der Waals surface area contributed by atoms with Crippen LogP contribution < -0.4 is 5.73 Å². The van der Waals surface area contributed by atoms with Gasteiger partial charge in [-0.3, -0.25) is 0 Å². The summed E-state index contributed by atoms with van der Waals surface area (Å²) in [5.74, 6) is 0.